The molecule has 1 aliphatic rings. The van der Waals surface area contributed by atoms with Crippen LogP contribution in [-0.4, -0.2) is 19.7 Å². The van der Waals surface area contributed by atoms with E-state index in [0.717, 1.165) is 15.1 Å². The molecule has 0 saturated carbocycles. The van der Waals surface area contributed by atoms with E-state index in [1.54, 1.807) is 20.1 Å². The number of rotatable bonds is 4. The number of thiophene rings is 1. The summed E-state index contributed by atoms with van der Waals surface area (Å²) in [7, 11) is 1.59. The van der Waals surface area contributed by atoms with Crippen LogP contribution in [0.15, 0.2) is 53.9 Å². The fraction of sp³-hybridized carbons (Fsp3) is 0.190. The van der Waals surface area contributed by atoms with Gasteiger partial charge >= 0.3 is 5.97 Å². The molecule has 0 bridgehead atoms. The summed E-state index contributed by atoms with van der Waals surface area (Å²) in [5.41, 5.74) is 7.22. The van der Waals surface area contributed by atoms with Crippen molar-refractivity contribution in [3.8, 4) is 11.5 Å². The molecule has 0 aliphatic carbocycles. The minimum Gasteiger partial charge on any atom is -0.497 e. The Morgan fingerprint density at radius 1 is 1.25 bits per heavy atom. The molecule has 0 fully saturated rings. The molecule has 0 radical (unpaired) electrons. The first-order chi connectivity index (χ1) is 13.5. The molecule has 28 heavy (non-hydrogen) atoms. The maximum atomic E-state index is 13.8. The minimum absolute atomic E-state index is 0.0317. The van der Waals surface area contributed by atoms with E-state index in [1.165, 1.54) is 23.5 Å². The van der Waals surface area contributed by atoms with Crippen LogP contribution in [0.25, 0.3) is 10.1 Å². The van der Waals surface area contributed by atoms with Crippen molar-refractivity contribution in [1.29, 1.82) is 0 Å². The van der Waals surface area contributed by atoms with Gasteiger partial charge in [0.2, 0.25) is 5.88 Å². The topological polar surface area (TPSA) is 70.8 Å². The zero-order valence-corrected chi connectivity index (χ0v) is 16.1. The van der Waals surface area contributed by atoms with Crippen LogP contribution in [0, 0.1) is 5.82 Å². The predicted molar refractivity (Wildman–Crippen MR) is 105 cm³/mol. The summed E-state index contributed by atoms with van der Waals surface area (Å²) >= 11 is 1.44. The van der Waals surface area contributed by atoms with Gasteiger partial charge in [-0.1, -0.05) is 12.1 Å². The number of carbonyl (C=O) groups excluding carboxylic acids is 1. The van der Waals surface area contributed by atoms with E-state index in [1.807, 2.05) is 24.3 Å². The number of hydrogen-bond acceptors (Lipinski definition) is 6. The summed E-state index contributed by atoms with van der Waals surface area (Å²) in [4.78, 5) is 13.5. The molecule has 3 aromatic rings. The van der Waals surface area contributed by atoms with Crippen molar-refractivity contribution >= 4 is 27.4 Å². The summed E-state index contributed by atoms with van der Waals surface area (Å²) in [5.74, 6) is -0.230. The first kappa shape index (κ1) is 18.3. The molecule has 5 nitrogen and oxygen atoms in total. The predicted octanol–water partition coefficient (Wildman–Crippen LogP) is 4.31. The van der Waals surface area contributed by atoms with Gasteiger partial charge in [0, 0.05) is 10.1 Å². The van der Waals surface area contributed by atoms with Gasteiger partial charge in [-0.25, -0.2) is 9.18 Å². The zero-order chi connectivity index (χ0) is 19.8. The third kappa shape index (κ3) is 2.97. The fourth-order valence-corrected chi connectivity index (χ4v) is 4.59. The highest BCUT2D eigenvalue weighted by atomic mass is 32.1. The smallest absolute Gasteiger partial charge is 0.340 e. The molecule has 2 N–H and O–H groups in total. The number of fused-ring (bicyclic) bond motifs is 3. The fourth-order valence-electron chi connectivity index (χ4n) is 3.34. The summed E-state index contributed by atoms with van der Waals surface area (Å²) in [5, 5.41) is 0.629. The Bertz CT molecular complexity index is 1090. The van der Waals surface area contributed by atoms with Crippen LogP contribution in [0.4, 0.5) is 4.39 Å². The average molecular weight is 399 g/mol. The molecule has 0 saturated heterocycles. The highest BCUT2D eigenvalue weighted by Crippen LogP contribution is 2.50. The second kappa shape index (κ2) is 7.16. The molecule has 0 amide bonds. The van der Waals surface area contributed by atoms with E-state index in [0.29, 0.717) is 16.9 Å². The van der Waals surface area contributed by atoms with Gasteiger partial charge in [-0.2, -0.15) is 0 Å². The number of esters is 1. The van der Waals surface area contributed by atoms with Crippen molar-refractivity contribution in [1.82, 2.24) is 0 Å². The van der Waals surface area contributed by atoms with Crippen LogP contribution in [-0.2, 0) is 9.53 Å². The maximum absolute atomic E-state index is 13.8. The van der Waals surface area contributed by atoms with Crippen LogP contribution < -0.4 is 15.2 Å². The summed E-state index contributed by atoms with van der Waals surface area (Å²) in [6.45, 7) is 1.95. The molecule has 0 spiro atoms. The first-order valence-corrected chi connectivity index (χ1v) is 9.55. The molecule has 1 aromatic heterocycles. The minimum atomic E-state index is -0.532. The molecule has 1 atom stereocenters. The van der Waals surface area contributed by atoms with Gasteiger partial charge in [-0.05, 0) is 42.8 Å². The third-order valence-electron chi connectivity index (χ3n) is 4.60. The lowest BCUT2D eigenvalue weighted by molar-refractivity contribution is -0.139. The van der Waals surface area contributed by atoms with Crippen molar-refractivity contribution in [2.24, 2.45) is 5.73 Å². The number of carbonyl (C=O) groups is 1. The van der Waals surface area contributed by atoms with E-state index in [-0.39, 0.29) is 23.9 Å². The van der Waals surface area contributed by atoms with Crippen molar-refractivity contribution in [3.63, 3.8) is 0 Å². The average Bonchev–Trinajstić information content (AvgIpc) is 3.04. The Hall–Kier alpha value is -3.06. The lowest BCUT2D eigenvalue weighted by Crippen LogP contribution is -2.26. The monoisotopic (exact) mass is 399 g/mol. The molecule has 144 valence electrons. The lowest BCUT2D eigenvalue weighted by atomic mass is 9.87. The van der Waals surface area contributed by atoms with E-state index in [4.69, 9.17) is 19.9 Å². The third-order valence-corrected chi connectivity index (χ3v) is 5.82. The van der Waals surface area contributed by atoms with Crippen LogP contribution in [0.3, 0.4) is 0 Å². The Labute approximate surface area is 165 Å². The van der Waals surface area contributed by atoms with E-state index in [9.17, 15) is 9.18 Å². The number of ether oxygens (including phenoxy) is 3. The SMILES string of the molecule is CCOC(=O)C1=C(N)Oc2c(sc3ccc(F)cc23)C1c1ccc(OC)cc1. The van der Waals surface area contributed by atoms with E-state index in [2.05, 4.69) is 0 Å². The quantitative estimate of drug-likeness (QED) is 0.662. The zero-order valence-electron chi connectivity index (χ0n) is 15.3. The lowest BCUT2D eigenvalue weighted by Gasteiger charge is -2.26. The van der Waals surface area contributed by atoms with Crippen molar-refractivity contribution in [3.05, 3.63) is 70.2 Å². The van der Waals surface area contributed by atoms with Crippen LogP contribution in [0.2, 0.25) is 0 Å². The van der Waals surface area contributed by atoms with Crippen LogP contribution in [0.1, 0.15) is 23.3 Å². The summed E-state index contributed by atoms with van der Waals surface area (Å²) in [6, 6.07) is 11.9. The van der Waals surface area contributed by atoms with Gasteiger partial charge in [0.1, 0.15) is 17.1 Å². The normalized spacial score (nSPS) is 15.9. The van der Waals surface area contributed by atoms with Gasteiger partial charge in [0.15, 0.2) is 5.75 Å². The van der Waals surface area contributed by atoms with Gasteiger partial charge in [0.25, 0.3) is 0 Å². The molecule has 7 heteroatoms. The molecule has 1 unspecified atom stereocenters. The van der Waals surface area contributed by atoms with Crippen molar-refractivity contribution in [2.75, 3.05) is 13.7 Å². The van der Waals surface area contributed by atoms with Crippen molar-refractivity contribution in [2.45, 2.75) is 12.8 Å². The second-order valence-electron chi connectivity index (χ2n) is 6.24. The largest absolute Gasteiger partial charge is 0.497 e. The number of methoxy groups -OCH3 is 1. The van der Waals surface area contributed by atoms with Crippen molar-refractivity contribution < 1.29 is 23.4 Å². The number of nitrogens with two attached hydrogens (primary N) is 1. The van der Waals surface area contributed by atoms with Gasteiger partial charge in [0.05, 0.1) is 24.5 Å². The van der Waals surface area contributed by atoms with E-state index >= 15 is 0 Å². The number of halogens is 1. The molecular formula is C21H18FNO4S. The molecule has 4 rings (SSSR count). The first-order valence-electron chi connectivity index (χ1n) is 8.74. The second-order valence-corrected chi connectivity index (χ2v) is 7.33. The van der Waals surface area contributed by atoms with Gasteiger partial charge in [-0.3, -0.25) is 0 Å². The maximum Gasteiger partial charge on any atom is 0.340 e. The molecule has 2 heterocycles. The Balaban J connectivity index is 1.93. The number of hydrogen-bond donors (Lipinski definition) is 1. The van der Waals surface area contributed by atoms with Crippen LogP contribution in [0.5, 0.6) is 11.5 Å². The van der Waals surface area contributed by atoms with E-state index < -0.39 is 11.9 Å². The number of benzene rings is 2. The highest BCUT2D eigenvalue weighted by molar-refractivity contribution is 7.19. The molecule has 2 aromatic carbocycles. The Kier molecular flexibility index (Phi) is 4.68. The highest BCUT2D eigenvalue weighted by Gasteiger charge is 2.38. The Morgan fingerprint density at radius 2 is 2.00 bits per heavy atom. The Morgan fingerprint density at radius 3 is 2.68 bits per heavy atom. The molecule has 1 aliphatic heterocycles. The summed E-state index contributed by atoms with van der Waals surface area (Å²) < 4.78 is 30.9. The standard InChI is InChI=1S/C21H18FNO4S/c1-3-26-21(24)17-16(11-4-7-13(25-2)8-5-11)19-18(27-20(17)23)14-10-12(22)6-9-15(14)28-19/h4-10,16H,3,23H2,1-2H3. The van der Waals surface area contributed by atoms with Crippen LogP contribution >= 0.6 is 11.3 Å². The molecular weight excluding hydrogens is 381 g/mol. The van der Waals surface area contributed by atoms with Gasteiger partial charge in [-0.15, -0.1) is 11.3 Å². The summed E-state index contributed by atoms with van der Waals surface area (Å²) in [6.07, 6.45) is 0. The van der Waals surface area contributed by atoms with Gasteiger partial charge < -0.3 is 19.9 Å².